The Bertz CT molecular complexity index is 3630. The van der Waals surface area contributed by atoms with Crippen molar-refractivity contribution in [3.63, 3.8) is 0 Å². The number of ether oxygens (including phenoxy) is 6. The quantitative estimate of drug-likeness (QED) is 0.122. The average molecular weight is 1130 g/mol. The molecule has 5 aliphatic carbocycles. The Morgan fingerprint density at radius 1 is 0.305 bits per heavy atom. The molecule has 12 atom stereocenters. The summed E-state index contributed by atoms with van der Waals surface area (Å²) < 4.78 is 37.1. The number of carbonyl (C=O) groups is 12. The van der Waals surface area contributed by atoms with E-state index in [1.807, 2.05) is 0 Å². The molecular formula is C58H48O24. The first kappa shape index (κ1) is 55.0. The van der Waals surface area contributed by atoms with Gasteiger partial charge in [0.15, 0.2) is 0 Å². The van der Waals surface area contributed by atoms with Crippen molar-refractivity contribution in [1.82, 2.24) is 0 Å². The van der Waals surface area contributed by atoms with Gasteiger partial charge >= 0.3 is 94.1 Å². The minimum atomic E-state index is -0.717. The normalized spacial score (nSPS) is 32.0. The van der Waals surface area contributed by atoms with E-state index >= 15 is 0 Å². The molecule has 3 aromatic carbocycles. The highest BCUT2D eigenvalue weighted by Gasteiger charge is 2.60. The Balaban J connectivity index is 0.000000114. The van der Waals surface area contributed by atoms with Gasteiger partial charge in [-0.15, -0.1) is 0 Å². The fraction of sp³-hybridized carbons (Fsp3) is 0.448. The maximum atomic E-state index is 11.9. The first-order chi connectivity index (χ1) is 38.2. The highest BCUT2D eigenvalue weighted by atomic mass is 16.6. The van der Waals surface area contributed by atoms with Crippen molar-refractivity contribution in [2.75, 3.05) is 0 Å². The van der Waals surface area contributed by atoms with Gasteiger partial charge in [-0.25, -0.2) is 28.8 Å². The van der Waals surface area contributed by atoms with Crippen LogP contribution in [0, 0.1) is 82.9 Å². The first-order valence-electron chi connectivity index (χ1n) is 26.0. The van der Waals surface area contributed by atoms with Gasteiger partial charge in [0, 0.05) is 0 Å². The Morgan fingerprint density at radius 2 is 0.610 bits per heavy atom. The SMILES string of the molecule is C.C.O=C1OC(=O)C2CC3C(CCC4C(=O)OC(=O)C43)CC12.O=C1OC(=O)C2CC3CC4C(=O)OC(=O)C4CC3CC12.O=C1OC(=O)c2cc3c(cc21)CC1C(=O)OC(=O)C1C3.O=c1oc(=O)c2cc3cc4c(=O)oc(=O)c4cc3cc12. The summed E-state index contributed by atoms with van der Waals surface area (Å²) in [6.07, 6.45) is 5.53. The number of rotatable bonds is 0. The van der Waals surface area contributed by atoms with E-state index in [4.69, 9.17) is 18.9 Å². The van der Waals surface area contributed by atoms with Crippen molar-refractivity contribution in [3.05, 3.63) is 100 Å². The van der Waals surface area contributed by atoms with Crippen molar-refractivity contribution in [1.29, 1.82) is 0 Å². The van der Waals surface area contributed by atoms with Crippen LogP contribution in [-0.2, 0) is 89.2 Å². The fourth-order valence-electron chi connectivity index (χ4n) is 14.6. The fourth-order valence-corrected chi connectivity index (χ4v) is 14.6. The molecular weight excluding hydrogens is 1080 g/mol. The van der Waals surface area contributed by atoms with Gasteiger partial charge in [-0.2, -0.15) is 0 Å². The van der Waals surface area contributed by atoms with Crippen LogP contribution in [-0.4, -0.2) is 71.6 Å². The second kappa shape index (κ2) is 19.9. The van der Waals surface area contributed by atoms with Crippen molar-refractivity contribution in [3.8, 4) is 0 Å². The summed E-state index contributed by atoms with van der Waals surface area (Å²) in [5, 5.41) is 1.72. The lowest BCUT2D eigenvalue weighted by Crippen LogP contribution is -2.43. The molecule has 0 amide bonds. The van der Waals surface area contributed by atoms with Crippen LogP contribution in [0.2, 0.25) is 0 Å². The molecule has 424 valence electrons. The maximum absolute atomic E-state index is 11.9. The van der Waals surface area contributed by atoms with E-state index in [1.165, 1.54) is 24.3 Å². The molecule has 0 radical (unpaired) electrons. The minimum absolute atomic E-state index is 0. The Kier molecular flexibility index (Phi) is 13.4. The van der Waals surface area contributed by atoms with E-state index in [1.54, 1.807) is 12.1 Å². The van der Waals surface area contributed by atoms with Crippen LogP contribution in [0.25, 0.3) is 32.3 Å². The molecule has 0 spiro atoms. The third kappa shape index (κ3) is 8.71. The van der Waals surface area contributed by atoms with Crippen LogP contribution in [0.15, 0.2) is 64.4 Å². The van der Waals surface area contributed by atoms with Gasteiger partial charge in [-0.3, -0.25) is 47.9 Å². The summed E-state index contributed by atoms with van der Waals surface area (Å²) in [4.78, 5) is 186. The molecule has 4 saturated carbocycles. The number of fused-ring (bicyclic) bond motifs is 13. The van der Waals surface area contributed by atoms with E-state index in [0.29, 0.717) is 68.6 Å². The second-order valence-electron chi connectivity index (χ2n) is 22.4. The highest BCUT2D eigenvalue weighted by Crippen LogP contribution is 2.55. The van der Waals surface area contributed by atoms with Gasteiger partial charge in [0.2, 0.25) is 0 Å². The lowest BCUT2D eigenvalue weighted by molar-refractivity contribution is -0.156. The van der Waals surface area contributed by atoms with Crippen LogP contribution in [0.5, 0.6) is 0 Å². The lowest BCUT2D eigenvalue weighted by atomic mass is 9.58. The Hall–Kier alpha value is -8.96. The van der Waals surface area contributed by atoms with E-state index in [9.17, 15) is 76.7 Å². The van der Waals surface area contributed by atoms with Crippen LogP contribution >= 0.6 is 0 Å². The molecule has 11 aliphatic rings. The lowest BCUT2D eigenvalue weighted by Gasteiger charge is -2.42. The van der Waals surface area contributed by atoms with Gasteiger partial charge in [0.25, 0.3) is 0 Å². The Morgan fingerprint density at radius 3 is 0.976 bits per heavy atom. The Labute approximate surface area is 459 Å². The van der Waals surface area contributed by atoms with Crippen LogP contribution < -0.4 is 22.5 Å². The predicted octanol–water partition coefficient (Wildman–Crippen LogP) is 3.21. The summed E-state index contributed by atoms with van der Waals surface area (Å²) in [6.45, 7) is 0. The van der Waals surface area contributed by atoms with Crippen molar-refractivity contribution >= 4 is 104 Å². The van der Waals surface area contributed by atoms with Crippen LogP contribution in [0.3, 0.4) is 0 Å². The maximum Gasteiger partial charge on any atom is 0.346 e. The molecule has 6 aliphatic heterocycles. The first-order valence-corrected chi connectivity index (χ1v) is 26.0. The number of furan rings is 2. The van der Waals surface area contributed by atoms with Gasteiger partial charge in [0.1, 0.15) is 0 Å². The van der Waals surface area contributed by atoms with Gasteiger partial charge in [-0.1, -0.05) is 14.9 Å². The number of hydrogen-bond acceptors (Lipinski definition) is 24. The predicted molar refractivity (Wildman–Crippen MR) is 269 cm³/mol. The summed E-state index contributed by atoms with van der Waals surface area (Å²) in [6, 6.07) is 9.04. The smallest absolute Gasteiger partial charge is 0.346 e. The highest BCUT2D eigenvalue weighted by molar-refractivity contribution is 6.15. The number of cyclic esters (lactones) is 12. The summed E-state index contributed by atoms with van der Waals surface area (Å²) in [5.41, 5.74) is -0.824. The van der Waals surface area contributed by atoms with Crippen LogP contribution in [0.4, 0.5) is 0 Å². The van der Waals surface area contributed by atoms with E-state index in [-0.39, 0.29) is 107 Å². The average Bonchev–Trinajstić information content (AvgIpc) is 3.17. The zero-order chi connectivity index (χ0) is 56.1. The van der Waals surface area contributed by atoms with Crippen LogP contribution in [0.1, 0.15) is 98.1 Å². The van der Waals surface area contributed by atoms with Gasteiger partial charge in [0.05, 0.1) is 91.9 Å². The summed E-state index contributed by atoms with van der Waals surface area (Å²) in [5.74, 6) is -9.21. The van der Waals surface area contributed by atoms with Gasteiger partial charge in [-0.05, 0) is 146 Å². The number of benzene rings is 3. The molecule has 5 aromatic rings. The van der Waals surface area contributed by atoms with Crippen molar-refractivity contribution in [2.24, 2.45) is 82.9 Å². The summed E-state index contributed by atoms with van der Waals surface area (Å²) in [7, 11) is 0. The largest absolute Gasteiger partial charge is 0.393 e. The van der Waals surface area contributed by atoms with E-state index < -0.39 is 118 Å². The number of hydrogen-bond donors (Lipinski definition) is 0. The van der Waals surface area contributed by atoms with E-state index in [2.05, 4.69) is 18.3 Å². The zero-order valence-electron chi connectivity index (χ0n) is 41.4. The molecule has 82 heavy (non-hydrogen) atoms. The van der Waals surface area contributed by atoms with Crippen molar-refractivity contribution in [2.45, 2.75) is 79.1 Å². The third-order valence-corrected chi connectivity index (χ3v) is 18.5. The molecule has 0 bridgehead atoms. The molecule has 24 heteroatoms. The molecule has 8 heterocycles. The van der Waals surface area contributed by atoms with Gasteiger partial charge < -0.3 is 37.3 Å². The second-order valence-corrected chi connectivity index (χ2v) is 22.4. The molecule has 2 aromatic heterocycles. The number of esters is 12. The molecule has 9 fully saturated rings. The standard InChI is InChI=1S/C14H14O6.C14H8O6.C14H4O6.C14H14O6.2CH4/c3*15-11-7-1-5-2-9-10(14(18)20-13(9)17)4-6(5)3-8(7)12(16)19-11;15-11-6-2-1-5-3-8-9(13(17)19-12(8)16)4-7(5)10(6)14(18)20-11;;/h5-10H,1-4H2;1,3,9-10H,2,4H2;1-4H;5-10H,1-4H2;2*1H4. The van der Waals surface area contributed by atoms with E-state index in [0.717, 1.165) is 17.5 Å². The minimum Gasteiger partial charge on any atom is -0.393 e. The molecule has 0 N–H and O–H groups in total. The monoisotopic (exact) mass is 1130 g/mol. The third-order valence-electron chi connectivity index (χ3n) is 18.5. The topological polar surface area (TPSA) is 355 Å². The zero-order valence-corrected chi connectivity index (χ0v) is 41.4. The van der Waals surface area contributed by atoms with Crippen molar-refractivity contribution < 1.29 is 94.8 Å². The molecule has 24 nitrogen and oxygen atoms in total. The molecule has 5 saturated heterocycles. The molecule has 12 unspecified atom stereocenters. The molecule has 16 rings (SSSR count). The summed E-state index contributed by atoms with van der Waals surface area (Å²) >= 11 is 0. The number of carbonyl (C=O) groups excluding carboxylic acids is 12.